The van der Waals surface area contributed by atoms with Crippen LogP contribution in [0.3, 0.4) is 0 Å². The van der Waals surface area contributed by atoms with E-state index in [0.29, 0.717) is 0 Å². The molecule has 0 amide bonds. The lowest BCUT2D eigenvalue weighted by Gasteiger charge is -2.41. The average molecular weight is 389 g/mol. The smallest absolute Gasteiger partial charge is 0.335 e. The van der Waals surface area contributed by atoms with Crippen LogP contribution in [0.5, 0.6) is 23.0 Å². The Morgan fingerprint density at radius 2 is 0.967 bits per heavy atom. The lowest BCUT2D eigenvalue weighted by molar-refractivity contribution is 0.476. The maximum Gasteiger partial charge on any atom is 0.335 e. The first-order chi connectivity index (χ1) is 14.7. The number of rotatable bonds is 1. The Hall–Kier alpha value is -3.66. The number of ether oxygens (including phenoxy) is 2. The van der Waals surface area contributed by atoms with Gasteiger partial charge in [0.1, 0.15) is 23.0 Å². The van der Waals surface area contributed by atoms with Crippen molar-refractivity contribution in [3.63, 3.8) is 0 Å². The minimum atomic E-state index is -0.0187. The van der Waals surface area contributed by atoms with Crippen molar-refractivity contribution in [2.45, 2.75) is 13.8 Å². The van der Waals surface area contributed by atoms with Crippen molar-refractivity contribution in [2.24, 2.45) is 0 Å². The Morgan fingerprint density at radius 3 is 1.50 bits per heavy atom. The lowest BCUT2D eigenvalue weighted by Crippen LogP contribution is -2.58. The molecule has 2 aliphatic heterocycles. The first kappa shape index (κ1) is 17.2. The maximum atomic E-state index is 6.36. The van der Waals surface area contributed by atoms with Crippen molar-refractivity contribution in [1.82, 2.24) is 0 Å². The van der Waals surface area contributed by atoms with E-state index >= 15 is 0 Å². The second-order valence-corrected chi connectivity index (χ2v) is 7.90. The summed E-state index contributed by atoms with van der Waals surface area (Å²) in [6.45, 7) is 4.28. The lowest BCUT2D eigenvalue weighted by atomic mass is 9.47. The van der Waals surface area contributed by atoms with Gasteiger partial charge in [-0.3, -0.25) is 0 Å². The van der Waals surface area contributed by atoms with E-state index in [1.54, 1.807) is 0 Å². The monoisotopic (exact) mass is 389 g/mol. The summed E-state index contributed by atoms with van der Waals surface area (Å²) < 4.78 is 12.6. The zero-order chi connectivity index (χ0) is 20.2. The molecule has 2 heterocycles. The van der Waals surface area contributed by atoms with Crippen molar-refractivity contribution in [3.8, 4) is 23.0 Å². The van der Waals surface area contributed by atoms with Crippen LogP contribution in [0.25, 0.3) is 0 Å². The third-order valence-electron chi connectivity index (χ3n) is 6.01. The average Bonchev–Trinajstić information content (AvgIpc) is 2.76. The Balaban J connectivity index is 1.70. The molecule has 0 spiro atoms. The second-order valence-electron chi connectivity index (χ2n) is 7.90. The fourth-order valence-electron chi connectivity index (χ4n) is 4.70. The molecule has 144 valence electrons. The van der Waals surface area contributed by atoms with Crippen LogP contribution in [-0.4, -0.2) is 6.85 Å². The van der Waals surface area contributed by atoms with Gasteiger partial charge in [0, 0.05) is 0 Å². The standard InChI is InChI=1S/C26H20BNO2/c1-17-9-7-15-23-25(17)28(26-18(2)10-8-16-24(26)30-23)27-19-11-3-5-13-21(19)29-22-14-6-4-12-20(22)27/h3-16H,1-2H3. The number of para-hydroxylation sites is 4. The van der Waals surface area contributed by atoms with Gasteiger partial charge >= 0.3 is 6.85 Å². The number of nitrogens with zero attached hydrogens (tertiary/aromatic N) is 1. The van der Waals surface area contributed by atoms with Gasteiger partial charge in [0.25, 0.3) is 0 Å². The molecule has 0 aromatic heterocycles. The molecule has 0 saturated heterocycles. The van der Waals surface area contributed by atoms with Crippen molar-refractivity contribution in [2.75, 3.05) is 4.81 Å². The van der Waals surface area contributed by atoms with E-state index in [9.17, 15) is 0 Å². The molecule has 0 unspecified atom stereocenters. The highest BCUT2D eigenvalue weighted by molar-refractivity contribution is 6.90. The molecule has 0 atom stereocenters. The van der Waals surface area contributed by atoms with Crippen LogP contribution in [-0.2, 0) is 0 Å². The number of hydrogen-bond acceptors (Lipinski definition) is 3. The molecular weight excluding hydrogens is 369 g/mol. The van der Waals surface area contributed by atoms with Crippen LogP contribution >= 0.6 is 0 Å². The molecule has 4 aromatic rings. The number of fused-ring (bicyclic) bond motifs is 4. The van der Waals surface area contributed by atoms with E-state index in [4.69, 9.17) is 9.47 Å². The minimum absolute atomic E-state index is 0.0187. The quantitative estimate of drug-likeness (QED) is 0.404. The van der Waals surface area contributed by atoms with Crippen LogP contribution in [0.1, 0.15) is 11.1 Å². The fraction of sp³-hybridized carbons (Fsp3) is 0.0769. The molecule has 0 N–H and O–H groups in total. The summed E-state index contributed by atoms with van der Waals surface area (Å²) in [6, 6.07) is 29.2. The first-order valence-corrected chi connectivity index (χ1v) is 10.2. The predicted octanol–water partition coefficient (Wildman–Crippen LogP) is 5.46. The second kappa shape index (κ2) is 6.43. The third kappa shape index (κ3) is 2.40. The topological polar surface area (TPSA) is 21.7 Å². The third-order valence-corrected chi connectivity index (χ3v) is 6.01. The molecule has 30 heavy (non-hydrogen) atoms. The Morgan fingerprint density at radius 1 is 0.533 bits per heavy atom. The Kier molecular flexibility index (Phi) is 3.69. The van der Waals surface area contributed by atoms with E-state index in [-0.39, 0.29) is 6.85 Å². The molecule has 4 aromatic carbocycles. The first-order valence-electron chi connectivity index (χ1n) is 10.2. The zero-order valence-corrected chi connectivity index (χ0v) is 16.9. The van der Waals surface area contributed by atoms with Gasteiger partial charge in [-0.2, -0.15) is 0 Å². The predicted molar refractivity (Wildman–Crippen MR) is 123 cm³/mol. The normalized spacial score (nSPS) is 13.4. The van der Waals surface area contributed by atoms with Crippen LogP contribution in [0.2, 0.25) is 0 Å². The summed E-state index contributed by atoms with van der Waals surface area (Å²) >= 11 is 0. The van der Waals surface area contributed by atoms with Gasteiger partial charge in [-0.15, -0.1) is 0 Å². The number of anilines is 2. The highest BCUT2D eigenvalue weighted by Crippen LogP contribution is 2.50. The molecule has 0 aliphatic carbocycles. The number of aryl methyl sites for hydroxylation is 2. The highest BCUT2D eigenvalue weighted by atomic mass is 16.5. The molecule has 3 nitrogen and oxygen atoms in total. The van der Waals surface area contributed by atoms with Gasteiger partial charge in [0.15, 0.2) is 0 Å². The summed E-state index contributed by atoms with van der Waals surface area (Å²) in [5, 5.41) is 0. The highest BCUT2D eigenvalue weighted by Gasteiger charge is 2.41. The summed E-state index contributed by atoms with van der Waals surface area (Å²) in [7, 11) is 0. The zero-order valence-electron chi connectivity index (χ0n) is 16.9. The molecule has 6 rings (SSSR count). The molecular formula is C26H20BNO2. The Labute approximate surface area is 176 Å². The number of benzene rings is 4. The van der Waals surface area contributed by atoms with Crippen LogP contribution in [0.15, 0.2) is 84.9 Å². The molecule has 0 saturated carbocycles. The molecule has 0 fully saturated rings. The molecule has 2 aliphatic rings. The largest absolute Gasteiger partial charge is 0.458 e. The van der Waals surface area contributed by atoms with Crippen molar-refractivity contribution >= 4 is 29.1 Å². The van der Waals surface area contributed by atoms with Crippen molar-refractivity contribution in [1.29, 1.82) is 0 Å². The van der Waals surface area contributed by atoms with Gasteiger partial charge in [-0.1, -0.05) is 60.7 Å². The molecule has 4 heteroatoms. The van der Waals surface area contributed by atoms with E-state index in [1.165, 1.54) is 11.1 Å². The minimum Gasteiger partial charge on any atom is -0.458 e. The van der Waals surface area contributed by atoms with Crippen molar-refractivity contribution in [3.05, 3.63) is 96.1 Å². The van der Waals surface area contributed by atoms with E-state index in [1.807, 2.05) is 12.1 Å². The van der Waals surface area contributed by atoms with E-state index < -0.39 is 0 Å². The van der Waals surface area contributed by atoms with Gasteiger partial charge in [-0.25, -0.2) is 0 Å². The van der Waals surface area contributed by atoms with E-state index in [0.717, 1.165) is 45.3 Å². The maximum absolute atomic E-state index is 6.36. The SMILES string of the molecule is Cc1cccc2c1N(B1c3ccccc3Oc3ccccc31)c1c(C)cccc1O2. The molecule has 0 bridgehead atoms. The van der Waals surface area contributed by atoms with Gasteiger partial charge in [0.05, 0.1) is 11.4 Å². The fourth-order valence-corrected chi connectivity index (χ4v) is 4.70. The van der Waals surface area contributed by atoms with Gasteiger partial charge in [-0.05, 0) is 60.2 Å². The number of hydrogen-bond donors (Lipinski definition) is 0. The summed E-state index contributed by atoms with van der Waals surface area (Å²) in [5.41, 5.74) is 6.89. The van der Waals surface area contributed by atoms with Crippen LogP contribution < -0.4 is 25.2 Å². The van der Waals surface area contributed by atoms with Crippen LogP contribution in [0, 0.1) is 13.8 Å². The van der Waals surface area contributed by atoms with Crippen LogP contribution in [0.4, 0.5) is 11.4 Å². The summed E-state index contributed by atoms with van der Waals surface area (Å²) in [5.74, 6) is 3.57. The van der Waals surface area contributed by atoms with Crippen molar-refractivity contribution < 1.29 is 9.47 Å². The van der Waals surface area contributed by atoms with Gasteiger partial charge < -0.3 is 14.3 Å². The van der Waals surface area contributed by atoms with Gasteiger partial charge in [0.2, 0.25) is 0 Å². The molecule has 0 radical (unpaired) electrons. The summed E-state index contributed by atoms with van der Waals surface area (Å²) in [6.07, 6.45) is 0. The van der Waals surface area contributed by atoms with E-state index in [2.05, 4.69) is 91.5 Å². The summed E-state index contributed by atoms with van der Waals surface area (Å²) in [4.78, 5) is 2.44. The Bertz CT molecular complexity index is 1200.